The van der Waals surface area contributed by atoms with Gasteiger partial charge in [-0.1, -0.05) is 13.8 Å². The first-order chi connectivity index (χ1) is 9.52. The minimum atomic E-state index is -0.0250. The highest BCUT2D eigenvalue weighted by Gasteiger charge is 2.27. The highest BCUT2D eigenvalue weighted by molar-refractivity contribution is 5.51. The van der Waals surface area contributed by atoms with Crippen LogP contribution in [0.15, 0.2) is 6.20 Å². The van der Waals surface area contributed by atoms with E-state index in [1.165, 1.54) is 12.8 Å². The number of aliphatic hydroxyl groups excluding tert-OH is 1. The lowest BCUT2D eigenvalue weighted by atomic mass is 10.2. The van der Waals surface area contributed by atoms with Gasteiger partial charge < -0.3 is 14.9 Å². The van der Waals surface area contributed by atoms with Gasteiger partial charge >= 0.3 is 0 Å². The maximum absolute atomic E-state index is 9.63. The third-order valence-corrected chi connectivity index (χ3v) is 3.79. The lowest BCUT2D eigenvalue weighted by Gasteiger charge is -2.30. The van der Waals surface area contributed by atoms with Gasteiger partial charge in [-0.3, -0.25) is 0 Å². The van der Waals surface area contributed by atoms with Gasteiger partial charge in [-0.2, -0.15) is 0 Å². The van der Waals surface area contributed by atoms with Crippen molar-refractivity contribution < 1.29 is 5.11 Å². The van der Waals surface area contributed by atoms with E-state index in [-0.39, 0.29) is 12.5 Å². The summed E-state index contributed by atoms with van der Waals surface area (Å²) in [4.78, 5) is 13.6. The van der Waals surface area contributed by atoms with Gasteiger partial charge in [-0.25, -0.2) is 9.97 Å². The molecule has 1 atom stereocenters. The second kappa shape index (κ2) is 6.50. The van der Waals surface area contributed by atoms with E-state index in [2.05, 4.69) is 47.7 Å². The Kier molecular flexibility index (Phi) is 4.94. The summed E-state index contributed by atoms with van der Waals surface area (Å²) < 4.78 is 0. The van der Waals surface area contributed by atoms with Crippen molar-refractivity contribution in [2.45, 2.75) is 45.3 Å². The lowest BCUT2D eigenvalue weighted by Crippen LogP contribution is -2.38. The van der Waals surface area contributed by atoms with Gasteiger partial charge in [0.1, 0.15) is 5.82 Å². The largest absolute Gasteiger partial charge is 0.390 e. The summed E-state index contributed by atoms with van der Waals surface area (Å²) in [6.45, 7) is 6.16. The van der Waals surface area contributed by atoms with Crippen molar-refractivity contribution in [3.05, 3.63) is 17.7 Å². The number of rotatable bonds is 5. The third kappa shape index (κ3) is 3.27. The van der Waals surface area contributed by atoms with Crippen LogP contribution in [-0.4, -0.2) is 53.2 Å². The predicted octanol–water partition coefficient (Wildman–Crippen LogP) is 1.62. The molecule has 0 amide bonds. The topological polar surface area (TPSA) is 52.5 Å². The van der Waals surface area contributed by atoms with Crippen LogP contribution in [0.2, 0.25) is 0 Å². The van der Waals surface area contributed by atoms with Crippen LogP contribution in [0.4, 0.5) is 5.69 Å². The molecule has 0 radical (unpaired) electrons. The fourth-order valence-electron chi connectivity index (χ4n) is 2.82. The van der Waals surface area contributed by atoms with Gasteiger partial charge in [0.2, 0.25) is 0 Å². The van der Waals surface area contributed by atoms with Crippen LogP contribution in [-0.2, 0) is 6.61 Å². The molecule has 5 heteroatoms. The molecule has 1 unspecified atom stereocenters. The highest BCUT2D eigenvalue weighted by Crippen LogP contribution is 2.28. The Labute approximate surface area is 121 Å². The summed E-state index contributed by atoms with van der Waals surface area (Å²) in [5, 5.41) is 9.63. The van der Waals surface area contributed by atoms with E-state index in [1.807, 2.05) is 6.20 Å². The second-order valence-electron chi connectivity index (χ2n) is 6.12. The van der Waals surface area contributed by atoms with Crippen LogP contribution >= 0.6 is 0 Å². The first kappa shape index (κ1) is 15.2. The van der Waals surface area contributed by atoms with Crippen molar-refractivity contribution in [2.24, 2.45) is 0 Å². The van der Waals surface area contributed by atoms with Crippen molar-refractivity contribution in [1.29, 1.82) is 0 Å². The van der Waals surface area contributed by atoms with E-state index in [4.69, 9.17) is 0 Å². The van der Waals surface area contributed by atoms with Gasteiger partial charge in [0.25, 0.3) is 0 Å². The summed E-state index contributed by atoms with van der Waals surface area (Å²) in [5.41, 5.74) is 1.76. The van der Waals surface area contributed by atoms with Gasteiger partial charge in [-0.05, 0) is 26.9 Å². The smallest absolute Gasteiger partial charge is 0.131 e. The first-order valence-electron chi connectivity index (χ1n) is 7.41. The Hall–Kier alpha value is -1.20. The van der Waals surface area contributed by atoms with E-state index in [0.29, 0.717) is 6.04 Å². The second-order valence-corrected chi connectivity index (χ2v) is 6.12. The quantitative estimate of drug-likeness (QED) is 0.887. The molecule has 1 aromatic heterocycles. The molecule has 20 heavy (non-hydrogen) atoms. The predicted molar refractivity (Wildman–Crippen MR) is 81.0 cm³/mol. The van der Waals surface area contributed by atoms with Gasteiger partial charge in [0.15, 0.2) is 0 Å². The summed E-state index contributed by atoms with van der Waals surface area (Å²) in [5.74, 6) is 1.09. The molecule has 1 aliphatic rings. The van der Waals surface area contributed by atoms with E-state index >= 15 is 0 Å². The molecule has 2 heterocycles. The number of likely N-dealkylation sites (N-methyl/N-ethyl adjacent to an activating group) is 1. The Bertz CT molecular complexity index is 447. The van der Waals surface area contributed by atoms with E-state index in [9.17, 15) is 5.11 Å². The zero-order valence-electron chi connectivity index (χ0n) is 13.0. The van der Waals surface area contributed by atoms with Crippen molar-refractivity contribution in [3.63, 3.8) is 0 Å². The maximum atomic E-state index is 9.63. The Morgan fingerprint density at radius 3 is 2.80 bits per heavy atom. The molecular formula is C15H26N4O. The molecule has 0 aromatic carbocycles. The molecule has 5 nitrogen and oxygen atoms in total. The molecule has 1 aliphatic heterocycles. The molecule has 1 N–H and O–H groups in total. The van der Waals surface area contributed by atoms with Crippen LogP contribution in [0, 0.1) is 0 Å². The summed E-state index contributed by atoms with van der Waals surface area (Å²) in [6, 6.07) is 0.490. The molecule has 0 saturated carbocycles. The van der Waals surface area contributed by atoms with Crippen LogP contribution in [0.1, 0.15) is 44.1 Å². The molecule has 0 spiro atoms. The first-order valence-corrected chi connectivity index (χ1v) is 7.41. The molecule has 2 rings (SSSR count). The van der Waals surface area contributed by atoms with Crippen molar-refractivity contribution in [3.8, 4) is 0 Å². The maximum Gasteiger partial charge on any atom is 0.131 e. The SMILES string of the molecule is CC(C)c1ncc(N2CCCC2CN(C)C)c(CO)n1. The number of aromatic nitrogens is 2. The average Bonchev–Trinajstić information content (AvgIpc) is 2.84. The standard InChI is InChI=1S/C15H26N4O/c1-11(2)15-16-8-14(13(10-20)17-15)19-7-5-6-12(19)9-18(3)4/h8,11-12,20H,5-7,9-10H2,1-4H3. The van der Waals surface area contributed by atoms with Gasteiger partial charge in [-0.15, -0.1) is 0 Å². The van der Waals surface area contributed by atoms with Crippen molar-refractivity contribution in [2.75, 3.05) is 32.1 Å². The summed E-state index contributed by atoms with van der Waals surface area (Å²) in [6.07, 6.45) is 4.27. The molecule has 0 aliphatic carbocycles. The number of hydrogen-bond donors (Lipinski definition) is 1. The monoisotopic (exact) mass is 278 g/mol. The zero-order chi connectivity index (χ0) is 14.7. The third-order valence-electron chi connectivity index (χ3n) is 3.79. The minimum absolute atomic E-state index is 0.0250. The van der Waals surface area contributed by atoms with Crippen LogP contribution < -0.4 is 4.90 Å². The Balaban J connectivity index is 2.26. The van der Waals surface area contributed by atoms with Gasteiger partial charge in [0, 0.05) is 25.0 Å². The molecule has 1 fully saturated rings. The molecule has 1 saturated heterocycles. The van der Waals surface area contributed by atoms with Crippen LogP contribution in [0.25, 0.3) is 0 Å². The highest BCUT2D eigenvalue weighted by atomic mass is 16.3. The van der Waals surface area contributed by atoms with Gasteiger partial charge in [0.05, 0.1) is 24.2 Å². The van der Waals surface area contributed by atoms with Crippen LogP contribution in [0.5, 0.6) is 0 Å². The molecule has 112 valence electrons. The number of hydrogen-bond acceptors (Lipinski definition) is 5. The Morgan fingerprint density at radius 2 is 2.20 bits per heavy atom. The molecule has 0 bridgehead atoms. The summed E-state index contributed by atoms with van der Waals surface area (Å²) >= 11 is 0. The number of aliphatic hydroxyl groups is 1. The van der Waals surface area contributed by atoms with Crippen LogP contribution in [0.3, 0.4) is 0 Å². The van der Waals surface area contributed by atoms with E-state index in [1.54, 1.807) is 0 Å². The number of anilines is 1. The lowest BCUT2D eigenvalue weighted by molar-refractivity contribution is 0.276. The van der Waals surface area contributed by atoms with E-state index in [0.717, 1.165) is 30.3 Å². The molecular weight excluding hydrogens is 252 g/mol. The Morgan fingerprint density at radius 1 is 1.45 bits per heavy atom. The fourth-order valence-corrected chi connectivity index (χ4v) is 2.82. The normalized spacial score (nSPS) is 19.4. The fraction of sp³-hybridized carbons (Fsp3) is 0.733. The van der Waals surface area contributed by atoms with Crippen molar-refractivity contribution in [1.82, 2.24) is 14.9 Å². The zero-order valence-corrected chi connectivity index (χ0v) is 13.0. The average molecular weight is 278 g/mol. The minimum Gasteiger partial charge on any atom is -0.390 e. The summed E-state index contributed by atoms with van der Waals surface area (Å²) in [7, 11) is 4.20. The van der Waals surface area contributed by atoms with E-state index < -0.39 is 0 Å². The molecule has 1 aromatic rings. The van der Waals surface area contributed by atoms with Crippen molar-refractivity contribution >= 4 is 5.69 Å². The number of nitrogens with zero attached hydrogens (tertiary/aromatic N) is 4.